The summed E-state index contributed by atoms with van der Waals surface area (Å²) in [6.45, 7) is 8.25. The van der Waals surface area contributed by atoms with Gasteiger partial charge in [0, 0.05) is 25.3 Å². The highest BCUT2D eigenvalue weighted by Gasteiger charge is 2.21. The average molecular weight is 279 g/mol. The summed E-state index contributed by atoms with van der Waals surface area (Å²) in [6, 6.07) is 0.760. The topological polar surface area (TPSA) is 46.0 Å². The highest BCUT2D eigenvalue weighted by Crippen LogP contribution is 2.26. The van der Waals surface area contributed by atoms with Crippen LogP contribution < -0.4 is 5.32 Å². The Kier molecular flexibility index (Phi) is 5.98. The van der Waals surface area contributed by atoms with Gasteiger partial charge in [0.15, 0.2) is 0 Å². The standard InChI is InChI=1S/C15H29N5/c1-4-16-11-14-12-20(18-17-14)10-9-19(3)15-7-5-13(2)6-8-15/h12-13,15-16H,4-11H2,1-3H3. The quantitative estimate of drug-likeness (QED) is 0.828. The molecule has 114 valence electrons. The number of hydrogen-bond donors (Lipinski definition) is 1. The van der Waals surface area contributed by atoms with Crippen LogP contribution in [0.15, 0.2) is 6.20 Å². The monoisotopic (exact) mass is 279 g/mol. The van der Waals surface area contributed by atoms with E-state index in [4.69, 9.17) is 0 Å². The molecule has 0 aliphatic heterocycles. The highest BCUT2D eigenvalue weighted by atomic mass is 15.4. The van der Waals surface area contributed by atoms with Gasteiger partial charge in [0.2, 0.25) is 0 Å². The maximum absolute atomic E-state index is 4.20. The minimum absolute atomic E-state index is 0.760. The first-order chi connectivity index (χ1) is 9.69. The van der Waals surface area contributed by atoms with Crippen LogP contribution in [0.2, 0.25) is 0 Å². The second-order valence-corrected chi connectivity index (χ2v) is 6.15. The minimum Gasteiger partial charge on any atom is -0.311 e. The summed E-state index contributed by atoms with van der Waals surface area (Å²) in [6.07, 6.45) is 7.51. The molecular weight excluding hydrogens is 250 g/mol. The Morgan fingerprint density at radius 1 is 1.35 bits per heavy atom. The van der Waals surface area contributed by atoms with E-state index >= 15 is 0 Å². The third kappa shape index (κ3) is 4.56. The number of nitrogens with zero attached hydrogens (tertiary/aromatic N) is 4. The minimum atomic E-state index is 0.760. The van der Waals surface area contributed by atoms with Gasteiger partial charge in [-0.1, -0.05) is 19.1 Å². The van der Waals surface area contributed by atoms with Crippen LogP contribution in [0, 0.1) is 5.92 Å². The molecule has 0 aromatic carbocycles. The lowest BCUT2D eigenvalue weighted by Crippen LogP contribution is -2.36. The molecule has 2 rings (SSSR count). The van der Waals surface area contributed by atoms with Crippen molar-refractivity contribution in [2.45, 2.75) is 58.7 Å². The predicted molar refractivity (Wildman–Crippen MR) is 81.5 cm³/mol. The van der Waals surface area contributed by atoms with Crippen LogP contribution in [0.4, 0.5) is 0 Å². The van der Waals surface area contributed by atoms with E-state index in [2.05, 4.69) is 47.6 Å². The van der Waals surface area contributed by atoms with Crippen molar-refractivity contribution in [1.29, 1.82) is 0 Å². The lowest BCUT2D eigenvalue weighted by Gasteiger charge is -2.33. The Morgan fingerprint density at radius 3 is 2.80 bits per heavy atom. The van der Waals surface area contributed by atoms with Crippen molar-refractivity contribution in [3.8, 4) is 0 Å². The molecule has 0 unspecified atom stereocenters. The van der Waals surface area contributed by atoms with Crippen LogP contribution in [-0.4, -0.2) is 46.1 Å². The first kappa shape index (κ1) is 15.4. The molecule has 1 saturated carbocycles. The summed E-state index contributed by atoms with van der Waals surface area (Å²) in [5.74, 6) is 0.920. The fourth-order valence-electron chi connectivity index (χ4n) is 2.91. The maximum atomic E-state index is 4.20. The second-order valence-electron chi connectivity index (χ2n) is 6.15. The third-order valence-electron chi connectivity index (χ3n) is 4.43. The lowest BCUT2D eigenvalue weighted by molar-refractivity contribution is 0.163. The van der Waals surface area contributed by atoms with E-state index in [-0.39, 0.29) is 0 Å². The molecule has 1 N–H and O–H groups in total. The number of likely N-dealkylation sites (N-methyl/N-ethyl adjacent to an activating group) is 1. The molecule has 1 aliphatic carbocycles. The maximum Gasteiger partial charge on any atom is 0.0964 e. The lowest BCUT2D eigenvalue weighted by atomic mass is 9.87. The molecule has 0 radical (unpaired) electrons. The molecule has 20 heavy (non-hydrogen) atoms. The van der Waals surface area contributed by atoms with Crippen molar-refractivity contribution >= 4 is 0 Å². The smallest absolute Gasteiger partial charge is 0.0964 e. The highest BCUT2D eigenvalue weighted by molar-refractivity contribution is 4.91. The fraction of sp³-hybridized carbons (Fsp3) is 0.867. The Morgan fingerprint density at radius 2 is 2.10 bits per heavy atom. The van der Waals surface area contributed by atoms with Crippen molar-refractivity contribution in [3.05, 3.63) is 11.9 Å². The van der Waals surface area contributed by atoms with Crippen LogP contribution in [0.3, 0.4) is 0 Å². The molecule has 0 saturated heterocycles. The molecule has 1 aromatic rings. The average Bonchev–Trinajstić information content (AvgIpc) is 2.91. The zero-order chi connectivity index (χ0) is 14.4. The van der Waals surface area contributed by atoms with Gasteiger partial charge in [-0.05, 0) is 45.2 Å². The van der Waals surface area contributed by atoms with Gasteiger partial charge in [-0.15, -0.1) is 5.10 Å². The SMILES string of the molecule is CCNCc1cn(CCN(C)C2CCC(C)CC2)nn1. The summed E-state index contributed by atoms with van der Waals surface area (Å²) in [5, 5.41) is 11.7. The van der Waals surface area contributed by atoms with Gasteiger partial charge in [0.05, 0.1) is 12.2 Å². The molecule has 5 nitrogen and oxygen atoms in total. The van der Waals surface area contributed by atoms with Gasteiger partial charge in [0.1, 0.15) is 0 Å². The normalized spacial score (nSPS) is 23.4. The van der Waals surface area contributed by atoms with Crippen molar-refractivity contribution in [2.24, 2.45) is 5.92 Å². The number of rotatable bonds is 7. The van der Waals surface area contributed by atoms with Gasteiger partial charge >= 0.3 is 0 Å². The van der Waals surface area contributed by atoms with Crippen LogP contribution in [0.25, 0.3) is 0 Å². The third-order valence-corrected chi connectivity index (χ3v) is 4.43. The molecular formula is C15H29N5. The Hall–Kier alpha value is -0.940. The molecule has 0 amide bonds. The molecule has 0 spiro atoms. The van der Waals surface area contributed by atoms with Crippen molar-refractivity contribution in [3.63, 3.8) is 0 Å². The summed E-state index contributed by atoms with van der Waals surface area (Å²) in [4.78, 5) is 2.50. The molecule has 1 heterocycles. The fourth-order valence-corrected chi connectivity index (χ4v) is 2.91. The predicted octanol–water partition coefficient (Wildman–Crippen LogP) is 1.90. The van der Waals surface area contributed by atoms with Gasteiger partial charge in [-0.25, -0.2) is 0 Å². The van der Waals surface area contributed by atoms with E-state index in [0.717, 1.165) is 43.8 Å². The van der Waals surface area contributed by atoms with Crippen molar-refractivity contribution in [1.82, 2.24) is 25.2 Å². The first-order valence-corrected chi connectivity index (χ1v) is 7.99. The molecule has 1 aliphatic rings. The molecule has 0 atom stereocenters. The van der Waals surface area contributed by atoms with Gasteiger partial charge in [-0.3, -0.25) is 4.68 Å². The van der Waals surface area contributed by atoms with Crippen LogP contribution in [-0.2, 0) is 13.1 Å². The number of aromatic nitrogens is 3. The molecule has 5 heteroatoms. The summed E-state index contributed by atoms with van der Waals surface area (Å²) in [7, 11) is 2.25. The van der Waals surface area contributed by atoms with E-state index in [1.54, 1.807) is 0 Å². The van der Waals surface area contributed by atoms with E-state index in [1.165, 1.54) is 25.7 Å². The van der Waals surface area contributed by atoms with Crippen LogP contribution in [0.5, 0.6) is 0 Å². The van der Waals surface area contributed by atoms with Crippen molar-refractivity contribution < 1.29 is 0 Å². The second kappa shape index (κ2) is 7.74. The van der Waals surface area contributed by atoms with Crippen LogP contribution in [0.1, 0.15) is 45.2 Å². The Labute approximate surface area is 122 Å². The van der Waals surface area contributed by atoms with E-state index in [1.807, 2.05) is 4.68 Å². The van der Waals surface area contributed by atoms with Gasteiger partial charge in [0.25, 0.3) is 0 Å². The largest absolute Gasteiger partial charge is 0.311 e. The first-order valence-electron chi connectivity index (χ1n) is 7.99. The van der Waals surface area contributed by atoms with Gasteiger partial charge in [-0.2, -0.15) is 0 Å². The Balaban J connectivity index is 1.72. The Bertz CT molecular complexity index is 381. The molecule has 0 bridgehead atoms. The molecule has 1 fully saturated rings. The summed E-state index contributed by atoms with van der Waals surface area (Å²) in [5.41, 5.74) is 1.03. The van der Waals surface area contributed by atoms with Crippen molar-refractivity contribution in [2.75, 3.05) is 20.1 Å². The van der Waals surface area contributed by atoms with Gasteiger partial charge < -0.3 is 10.2 Å². The van der Waals surface area contributed by atoms with Crippen LogP contribution >= 0.6 is 0 Å². The number of hydrogen-bond acceptors (Lipinski definition) is 4. The van der Waals surface area contributed by atoms with E-state index in [9.17, 15) is 0 Å². The summed E-state index contributed by atoms with van der Waals surface area (Å²) >= 11 is 0. The van der Waals surface area contributed by atoms with E-state index in [0.29, 0.717) is 0 Å². The zero-order valence-corrected chi connectivity index (χ0v) is 13.2. The van der Waals surface area contributed by atoms with E-state index < -0.39 is 0 Å². The molecule has 1 aromatic heterocycles. The summed E-state index contributed by atoms with van der Waals surface area (Å²) < 4.78 is 1.97. The zero-order valence-electron chi connectivity index (χ0n) is 13.2. The number of nitrogens with one attached hydrogen (secondary N) is 1.